The molecule has 2 saturated heterocycles. The van der Waals surface area contributed by atoms with E-state index >= 15 is 0 Å². The van der Waals surface area contributed by atoms with Crippen molar-refractivity contribution in [1.82, 2.24) is 25.6 Å². The Morgan fingerprint density at radius 1 is 0.833 bits per heavy atom. The predicted octanol–water partition coefficient (Wildman–Crippen LogP) is -0.396. The summed E-state index contributed by atoms with van der Waals surface area (Å²) in [6.07, 6.45) is 5.20. The molecule has 0 bridgehead atoms. The number of carbonyl (C=O) groups is 4. The molecule has 0 aromatic heterocycles. The highest BCUT2D eigenvalue weighted by atomic mass is 32.1. The lowest BCUT2D eigenvalue weighted by atomic mass is 10.1. The van der Waals surface area contributed by atoms with Gasteiger partial charge in [0.05, 0.1) is 39.0 Å². The maximum atomic E-state index is 12.6. The van der Waals surface area contributed by atoms with Crippen molar-refractivity contribution in [3.8, 4) is 0 Å². The molecule has 242 valence electrons. The van der Waals surface area contributed by atoms with Crippen molar-refractivity contribution in [2.45, 2.75) is 89.5 Å². The van der Waals surface area contributed by atoms with Gasteiger partial charge in [0.15, 0.2) is 12.6 Å². The van der Waals surface area contributed by atoms with Crippen molar-refractivity contribution >= 4 is 36.4 Å². The molecule has 14 nitrogen and oxygen atoms in total. The molecule has 0 saturated carbocycles. The van der Waals surface area contributed by atoms with Crippen LogP contribution in [0.1, 0.15) is 64.7 Å². The minimum Gasteiger partial charge on any atom is -0.388 e. The van der Waals surface area contributed by atoms with Crippen LogP contribution in [0.15, 0.2) is 0 Å². The monoisotopic (exact) mass is 619 g/mol. The van der Waals surface area contributed by atoms with Gasteiger partial charge in [0, 0.05) is 32.7 Å². The summed E-state index contributed by atoms with van der Waals surface area (Å²) < 4.78 is 24.6. The summed E-state index contributed by atoms with van der Waals surface area (Å²) in [6.45, 7) is 3.35. The Morgan fingerprint density at radius 2 is 1.48 bits per heavy atom. The lowest BCUT2D eigenvalue weighted by molar-refractivity contribution is -0.213. The van der Waals surface area contributed by atoms with Gasteiger partial charge in [0.25, 0.3) is 0 Å². The summed E-state index contributed by atoms with van der Waals surface area (Å²) in [5.74, 6) is -1.18. The third-order valence-electron chi connectivity index (χ3n) is 6.74. The lowest BCUT2D eigenvalue weighted by Crippen LogP contribution is -2.48. The molecular weight excluding hydrogens is 570 g/mol. The molecule has 2 aliphatic heterocycles. The topological polar surface area (TPSA) is 177 Å². The Bertz CT molecular complexity index is 825. The van der Waals surface area contributed by atoms with Crippen molar-refractivity contribution in [2.24, 2.45) is 0 Å². The predicted molar refractivity (Wildman–Crippen MR) is 156 cm³/mol. The number of aliphatic hydroxyl groups excluding tert-OH is 1. The third-order valence-corrected chi connectivity index (χ3v) is 6.99. The van der Waals surface area contributed by atoms with Gasteiger partial charge in [-0.1, -0.05) is 19.2 Å². The van der Waals surface area contributed by atoms with Crippen LogP contribution in [0.2, 0.25) is 0 Å². The zero-order valence-electron chi connectivity index (χ0n) is 24.6. The first-order valence-electron chi connectivity index (χ1n) is 14.9. The van der Waals surface area contributed by atoms with Crippen molar-refractivity contribution in [1.29, 1.82) is 0 Å². The third kappa shape index (κ3) is 16.6. The van der Waals surface area contributed by atoms with Crippen LogP contribution in [0.4, 0.5) is 0 Å². The second-order valence-corrected chi connectivity index (χ2v) is 10.8. The first kappa shape index (κ1) is 36.2. The molecule has 2 fully saturated rings. The van der Waals surface area contributed by atoms with Gasteiger partial charge in [0.1, 0.15) is 6.10 Å². The van der Waals surface area contributed by atoms with E-state index in [4.69, 9.17) is 18.9 Å². The number of aliphatic hydroxyl groups is 1. The molecule has 4 amide bonds. The molecule has 4 unspecified atom stereocenters. The maximum absolute atomic E-state index is 12.6. The van der Waals surface area contributed by atoms with Crippen LogP contribution in [0, 0.1) is 0 Å². The van der Waals surface area contributed by atoms with Gasteiger partial charge in [-0.25, -0.2) is 0 Å². The average molecular weight is 620 g/mol. The molecule has 0 aliphatic carbocycles. The fraction of sp³-hybridized carbons (Fsp3) is 0.852. The van der Waals surface area contributed by atoms with E-state index in [2.05, 4.69) is 33.5 Å². The number of hydrogen-bond donors (Lipinski definition) is 6. The normalized spacial score (nSPS) is 22.4. The van der Waals surface area contributed by atoms with Crippen molar-refractivity contribution < 1.29 is 43.2 Å². The fourth-order valence-corrected chi connectivity index (χ4v) is 4.66. The van der Waals surface area contributed by atoms with E-state index in [0.717, 1.165) is 32.1 Å². The molecule has 0 aromatic carbocycles. The lowest BCUT2D eigenvalue weighted by Gasteiger charge is -2.28. The van der Waals surface area contributed by atoms with E-state index < -0.39 is 12.4 Å². The summed E-state index contributed by atoms with van der Waals surface area (Å²) in [4.78, 5) is 50.4. The van der Waals surface area contributed by atoms with Crippen LogP contribution in [0.3, 0.4) is 0 Å². The maximum Gasteiger partial charge on any atom is 0.234 e. The number of nitrogens with one attached hydrogen (secondary N) is 4. The molecule has 4 atom stereocenters. The number of rotatable bonds is 20. The Hall–Kier alpha value is -2.01. The minimum absolute atomic E-state index is 0.146. The van der Waals surface area contributed by atoms with E-state index in [1.807, 2.05) is 6.92 Å². The van der Waals surface area contributed by atoms with Gasteiger partial charge in [-0.15, -0.1) is 0 Å². The van der Waals surface area contributed by atoms with Gasteiger partial charge in [-0.3, -0.25) is 24.1 Å². The van der Waals surface area contributed by atoms with Crippen molar-refractivity contribution in [3.63, 3.8) is 0 Å². The Labute approximate surface area is 253 Å². The SMILES string of the molecule is CC1CCCC(OCCNC(=O)CN(CC(=O)NCCCCCC(=O)NS)CC(=O)NCCOC2OCCCC2O)O1. The van der Waals surface area contributed by atoms with Crippen LogP contribution in [0.25, 0.3) is 0 Å². The van der Waals surface area contributed by atoms with Gasteiger partial charge in [-0.2, -0.15) is 0 Å². The van der Waals surface area contributed by atoms with E-state index in [9.17, 15) is 24.3 Å². The standard InChI is InChI=1S/C27H49N5O9S/c1-20-7-5-10-26(41-20)38-15-12-29-24(36)18-32(17-23(35)28-11-4-2-3-9-22(34)31-42)19-25(37)30-13-16-40-27-21(33)8-6-14-39-27/h20-21,26-27,33,42H,2-19H2,1H3,(H,28,35)(H,29,36)(H,30,37)(H,31,34). The highest BCUT2D eigenvalue weighted by Gasteiger charge is 2.24. The quantitative estimate of drug-likeness (QED) is 0.0777. The van der Waals surface area contributed by atoms with Crippen LogP contribution in [-0.2, 0) is 38.1 Å². The molecule has 0 aromatic rings. The van der Waals surface area contributed by atoms with E-state index in [0.29, 0.717) is 45.4 Å². The number of unbranched alkanes of at least 4 members (excludes halogenated alkanes) is 2. The van der Waals surface area contributed by atoms with Gasteiger partial charge >= 0.3 is 0 Å². The number of ether oxygens (including phenoxy) is 4. The highest BCUT2D eigenvalue weighted by Crippen LogP contribution is 2.19. The van der Waals surface area contributed by atoms with E-state index in [1.165, 1.54) is 4.90 Å². The molecule has 0 radical (unpaired) electrons. The molecule has 15 heteroatoms. The minimum atomic E-state index is -0.711. The van der Waals surface area contributed by atoms with Gasteiger partial charge < -0.3 is 44.7 Å². The number of amides is 4. The van der Waals surface area contributed by atoms with Crippen molar-refractivity contribution in [3.05, 3.63) is 0 Å². The zero-order chi connectivity index (χ0) is 30.6. The summed E-state index contributed by atoms with van der Waals surface area (Å²) in [6, 6.07) is 0. The van der Waals surface area contributed by atoms with E-state index in [1.54, 1.807) is 0 Å². The summed E-state index contributed by atoms with van der Waals surface area (Å²) >= 11 is 3.71. The number of carbonyl (C=O) groups excluding carboxylic acids is 4. The fourth-order valence-electron chi connectivity index (χ4n) is 4.55. The Balaban J connectivity index is 1.73. The first-order chi connectivity index (χ1) is 20.3. The molecule has 2 heterocycles. The highest BCUT2D eigenvalue weighted by molar-refractivity contribution is 7.78. The van der Waals surface area contributed by atoms with E-state index in [-0.39, 0.29) is 75.4 Å². The van der Waals surface area contributed by atoms with Crippen LogP contribution in [0.5, 0.6) is 0 Å². The van der Waals surface area contributed by atoms with Gasteiger partial charge in [-0.05, 0) is 51.9 Å². The Kier molecular flexibility index (Phi) is 18.6. The Morgan fingerprint density at radius 3 is 2.10 bits per heavy atom. The average Bonchev–Trinajstić information content (AvgIpc) is 2.96. The molecule has 0 spiro atoms. The van der Waals surface area contributed by atoms with Crippen LogP contribution >= 0.6 is 12.8 Å². The molecule has 2 rings (SSSR count). The zero-order valence-corrected chi connectivity index (χ0v) is 25.5. The van der Waals surface area contributed by atoms with Crippen LogP contribution < -0.4 is 20.7 Å². The summed E-state index contributed by atoms with van der Waals surface area (Å²) in [5.41, 5.74) is 0. The molecular formula is C27H49N5O9S. The largest absolute Gasteiger partial charge is 0.388 e. The van der Waals surface area contributed by atoms with Crippen molar-refractivity contribution in [2.75, 3.05) is 59.1 Å². The second-order valence-electron chi connectivity index (χ2n) is 10.5. The summed E-state index contributed by atoms with van der Waals surface area (Å²) in [5, 5.41) is 18.2. The number of hydrogen-bond acceptors (Lipinski definition) is 11. The number of nitrogens with zero attached hydrogens (tertiary/aromatic N) is 1. The smallest absolute Gasteiger partial charge is 0.234 e. The molecule has 5 N–H and O–H groups in total. The van der Waals surface area contributed by atoms with Crippen LogP contribution in [-0.4, -0.2) is 118 Å². The van der Waals surface area contributed by atoms with Gasteiger partial charge in [0.2, 0.25) is 23.6 Å². The molecule has 42 heavy (non-hydrogen) atoms. The number of thiol groups is 1. The second kappa shape index (κ2) is 21.6. The summed E-state index contributed by atoms with van der Waals surface area (Å²) in [7, 11) is 0. The molecule has 2 aliphatic rings. The first-order valence-corrected chi connectivity index (χ1v) is 15.3.